The maximum atomic E-state index is 13.4. The van der Waals surface area contributed by atoms with Crippen LogP contribution in [0.25, 0.3) is 0 Å². The van der Waals surface area contributed by atoms with E-state index in [-0.39, 0.29) is 5.82 Å². The first-order valence-electron chi connectivity index (χ1n) is 6.55. The fourth-order valence-electron chi connectivity index (χ4n) is 3.15. The molecule has 0 heterocycles. The molecule has 0 saturated heterocycles. The summed E-state index contributed by atoms with van der Waals surface area (Å²) < 4.78 is 13.4. The Kier molecular flexibility index (Phi) is 3.82. The minimum Gasteiger partial charge on any atom is -0.313 e. The highest BCUT2D eigenvalue weighted by atomic mass is 19.1. The summed E-state index contributed by atoms with van der Waals surface area (Å²) in [5, 5.41) is 3.38. The molecule has 2 rings (SSSR count). The third kappa shape index (κ3) is 2.68. The number of hydrogen-bond donors (Lipinski definition) is 1. The number of nitrogens with one attached hydrogen (secondary N) is 1. The van der Waals surface area contributed by atoms with Gasteiger partial charge in [0.05, 0.1) is 0 Å². The normalized spacial score (nSPS) is 26.1. The Balaban J connectivity index is 2.25. The topological polar surface area (TPSA) is 12.0 Å². The first-order valence-corrected chi connectivity index (χ1v) is 6.55. The van der Waals surface area contributed by atoms with Gasteiger partial charge in [0.2, 0.25) is 0 Å². The monoisotopic (exact) mass is 235 g/mol. The molecule has 0 aliphatic heterocycles. The van der Waals surface area contributed by atoms with Gasteiger partial charge in [0.1, 0.15) is 5.82 Å². The summed E-state index contributed by atoms with van der Waals surface area (Å²) in [6.45, 7) is 4.38. The Morgan fingerprint density at radius 2 is 2.12 bits per heavy atom. The highest BCUT2D eigenvalue weighted by Crippen LogP contribution is 2.39. The van der Waals surface area contributed by atoms with Crippen LogP contribution in [0.15, 0.2) is 18.2 Å². The van der Waals surface area contributed by atoms with Gasteiger partial charge in [-0.15, -0.1) is 0 Å². The molecule has 3 atom stereocenters. The van der Waals surface area contributed by atoms with E-state index < -0.39 is 0 Å². The highest BCUT2D eigenvalue weighted by molar-refractivity contribution is 5.30. The third-order valence-electron chi connectivity index (χ3n) is 4.09. The van der Waals surface area contributed by atoms with Gasteiger partial charge in [-0.05, 0) is 61.9 Å². The standard InChI is InChI=1S/C15H22FN/c1-10-4-6-12(8-10)15(17-3)14-9-13(16)7-5-11(14)2/h5,7,9-10,12,15,17H,4,6,8H2,1-3H3. The van der Waals surface area contributed by atoms with Gasteiger partial charge in [-0.2, -0.15) is 0 Å². The molecule has 1 aromatic carbocycles. The molecule has 0 aromatic heterocycles. The Labute approximate surface area is 103 Å². The minimum absolute atomic E-state index is 0.128. The van der Waals surface area contributed by atoms with Crippen LogP contribution in [0, 0.1) is 24.6 Å². The van der Waals surface area contributed by atoms with Crippen LogP contribution in [0.5, 0.6) is 0 Å². The van der Waals surface area contributed by atoms with E-state index in [2.05, 4.69) is 19.2 Å². The molecule has 0 radical (unpaired) electrons. The van der Waals surface area contributed by atoms with E-state index >= 15 is 0 Å². The Hall–Kier alpha value is -0.890. The molecule has 17 heavy (non-hydrogen) atoms. The van der Waals surface area contributed by atoms with Crippen molar-refractivity contribution < 1.29 is 4.39 Å². The van der Waals surface area contributed by atoms with E-state index in [1.807, 2.05) is 13.1 Å². The van der Waals surface area contributed by atoms with Crippen molar-refractivity contribution in [2.75, 3.05) is 7.05 Å². The second-order valence-corrected chi connectivity index (χ2v) is 5.45. The second-order valence-electron chi connectivity index (χ2n) is 5.45. The van der Waals surface area contributed by atoms with Crippen LogP contribution in [0.1, 0.15) is 43.4 Å². The smallest absolute Gasteiger partial charge is 0.123 e. The van der Waals surface area contributed by atoms with E-state index in [1.54, 1.807) is 12.1 Å². The first kappa shape index (κ1) is 12.6. The van der Waals surface area contributed by atoms with E-state index in [0.29, 0.717) is 12.0 Å². The molecule has 3 unspecified atom stereocenters. The lowest BCUT2D eigenvalue weighted by Gasteiger charge is -2.25. The van der Waals surface area contributed by atoms with Crippen molar-refractivity contribution in [3.63, 3.8) is 0 Å². The van der Waals surface area contributed by atoms with Crippen LogP contribution >= 0.6 is 0 Å². The molecule has 1 aliphatic carbocycles. The molecule has 2 heteroatoms. The van der Waals surface area contributed by atoms with Gasteiger partial charge in [-0.3, -0.25) is 0 Å². The molecule has 0 spiro atoms. The summed E-state index contributed by atoms with van der Waals surface area (Å²) in [6.07, 6.45) is 3.81. The zero-order valence-corrected chi connectivity index (χ0v) is 11.0. The highest BCUT2D eigenvalue weighted by Gasteiger charge is 2.29. The van der Waals surface area contributed by atoms with Crippen molar-refractivity contribution in [2.45, 2.75) is 39.2 Å². The van der Waals surface area contributed by atoms with Crippen molar-refractivity contribution in [3.8, 4) is 0 Å². The third-order valence-corrected chi connectivity index (χ3v) is 4.09. The Morgan fingerprint density at radius 1 is 1.35 bits per heavy atom. The van der Waals surface area contributed by atoms with Gasteiger partial charge in [-0.1, -0.05) is 19.4 Å². The van der Waals surface area contributed by atoms with Crippen molar-refractivity contribution >= 4 is 0 Å². The van der Waals surface area contributed by atoms with Gasteiger partial charge in [0, 0.05) is 6.04 Å². The van der Waals surface area contributed by atoms with Crippen LogP contribution in [0.4, 0.5) is 4.39 Å². The summed E-state index contributed by atoms with van der Waals surface area (Å²) in [5.74, 6) is 1.33. The van der Waals surface area contributed by atoms with Gasteiger partial charge in [0.25, 0.3) is 0 Å². The van der Waals surface area contributed by atoms with E-state index in [9.17, 15) is 4.39 Å². The van der Waals surface area contributed by atoms with E-state index in [0.717, 1.165) is 11.5 Å². The number of rotatable bonds is 3. The maximum Gasteiger partial charge on any atom is 0.123 e. The molecule has 1 saturated carbocycles. The lowest BCUT2D eigenvalue weighted by molar-refractivity contribution is 0.377. The predicted molar refractivity (Wildman–Crippen MR) is 69.4 cm³/mol. The molecule has 1 aliphatic rings. The molecule has 0 bridgehead atoms. The summed E-state index contributed by atoms with van der Waals surface area (Å²) in [7, 11) is 1.98. The van der Waals surface area contributed by atoms with Gasteiger partial charge in [-0.25, -0.2) is 4.39 Å². The Bertz CT molecular complexity index is 389. The number of halogens is 1. The number of benzene rings is 1. The van der Waals surface area contributed by atoms with Crippen molar-refractivity contribution in [2.24, 2.45) is 11.8 Å². The number of hydrogen-bond acceptors (Lipinski definition) is 1. The largest absolute Gasteiger partial charge is 0.313 e. The molecule has 1 N–H and O–H groups in total. The van der Waals surface area contributed by atoms with E-state index in [4.69, 9.17) is 0 Å². The fourth-order valence-corrected chi connectivity index (χ4v) is 3.15. The maximum absolute atomic E-state index is 13.4. The zero-order chi connectivity index (χ0) is 12.4. The molecular weight excluding hydrogens is 213 g/mol. The van der Waals surface area contributed by atoms with Crippen LogP contribution in [-0.4, -0.2) is 7.05 Å². The first-order chi connectivity index (χ1) is 8.11. The van der Waals surface area contributed by atoms with Crippen LogP contribution in [0.2, 0.25) is 0 Å². The predicted octanol–water partition coefficient (Wildman–Crippen LogP) is 3.83. The minimum atomic E-state index is -0.128. The van der Waals surface area contributed by atoms with Crippen molar-refractivity contribution in [1.82, 2.24) is 5.32 Å². The van der Waals surface area contributed by atoms with Crippen LogP contribution < -0.4 is 5.32 Å². The summed E-state index contributed by atoms with van der Waals surface area (Å²) in [4.78, 5) is 0. The average Bonchev–Trinajstić information content (AvgIpc) is 2.71. The number of aryl methyl sites for hydroxylation is 1. The van der Waals surface area contributed by atoms with Crippen LogP contribution in [-0.2, 0) is 0 Å². The fraction of sp³-hybridized carbons (Fsp3) is 0.600. The van der Waals surface area contributed by atoms with E-state index in [1.165, 1.54) is 24.8 Å². The SMILES string of the molecule is CNC(c1cc(F)ccc1C)C1CCC(C)C1. The molecular formula is C15H22FN. The summed E-state index contributed by atoms with van der Waals surface area (Å²) in [5.41, 5.74) is 2.32. The van der Waals surface area contributed by atoms with Gasteiger partial charge >= 0.3 is 0 Å². The quantitative estimate of drug-likeness (QED) is 0.839. The van der Waals surface area contributed by atoms with Crippen molar-refractivity contribution in [3.05, 3.63) is 35.1 Å². The second kappa shape index (κ2) is 5.18. The molecule has 94 valence electrons. The zero-order valence-electron chi connectivity index (χ0n) is 11.0. The molecule has 1 nitrogen and oxygen atoms in total. The summed E-state index contributed by atoms with van der Waals surface area (Å²) >= 11 is 0. The molecule has 1 fully saturated rings. The molecule has 1 aromatic rings. The molecule has 0 amide bonds. The van der Waals surface area contributed by atoms with Gasteiger partial charge in [0.15, 0.2) is 0 Å². The average molecular weight is 235 g/mol. The Morgan fingerprint density at radius 3 is 2.71 bits per heavy atom. The lowest BCUT2D eigenvalue weighted by atomic mass is 9.88. The van der Waals surface area contributed by atoms with Crippen molar-refractivity contribution in [1.29, 1.82) is 0 Å². The van der Waals surface area contributed by atoms with Crippen LogP contribution in [0.3, 0.4) is 0 Å². The summed E-state index contributed by atoms with van der Waals surface area (Å²) in [6, 6.07) is 5.42. The van der Waals surface area contributed by atoms with Gasteiger partial charge < -0.3 is 5.32 Å². The lowest BCUT2D eigenvalue weighted by Crippen LogP contribution is -2.24.